The molecule has 1 saturated heterocycles. The number of anilines is 1. The second-order valence-electron chi connectivity index (χ2n) is 7.99. The summed E-state index contributed by atoms with van der Waals surface area (Å²) in [7, 11) is -3.76. The molecule has 0 atom stereocenters. The number of sulfonamides is 1. The molecular weight excluding hydrogens is 472 g/mol. The van der Waals surface area contributed by atoms with Crippen molar-refractivity contribution in [2.75, 3.05) is 24.4 Å². The number of carbonyl (C=O) groups is 1. The Morgan fingerprint density at radius 2 is 1.91 bits per heavy atom. The average molecular weight is 497 g/mol. The Kier molecular flexibility index (Phi) is 6.01. The van der Waals surface area contributed by atoms with Gasteiger partial charge in [0.1, 0.15) is 11.4 Å². The molecular formula is C24H24N4O4S2. The second-order valence-corrected chi connectivity index (χ2v) is 10.5. The Morgan fingerprint density at radius 1 is 1.15 bits per heavy atom. The Labute approximate surface area is 201 Å². The highest BCUT2D eigenvalue weighted by Gasteiger charge is 2.23. The van der Waals surface area contributed by atoms with Gasteiger partial charge in [-0.2, -0.15) is 0 Å². The monoisotopic (exact) mass is 496 g/mol. The number of nitrogens with zero attached hydrogens (tertiary/aromatic N) is 3. The molecule has 3 heterocycles. The number of fused-ring (bicyclic) bond motifs is 1. The van der Waals surface area contributed by atoms with Crippen molar-refractivity contribution in [1.82, 2.24) is 14.3 Å². The number of thiazole rings is 1. The summed E-state index contributed by atoms with van der Waals surface area (Å²) < 4.78 is 35.5. The molecule has 0 unspecified atom stereocenters. The van der Waals surface area contributed by atoms with E-state index in [-0.39, 0.29) is 10.8 Å². The van der Waals surface area contributed by atoms with E-state index in [0.717, 1.165) is 36.5 Å². The van der Waals surface area contributed by atoms with E-state index in [9.17, 15) is 13.2 Å². The van der Waals surface area contributed by atoms with Crippen LogP contribution in [0.25, 0.3) is 16.2 Å². The lowest BCUT2D eigenvalue weighted by Gasteiger charge is -2.14. The third kappa shape index (κ3) is 4.38. The van der Waals surface area contributed by atoms with E-state index < -0.39 is 10.0 Å². The average Bonchev–Trinajstić information content (AvgIpc) is 3.57. The molecule has 0 bridgehead atoms. The SMILES string of the molecule is CCOc1ccc(S(=O)(=O)Nc2cccc(-c3cn4c(C(=O)N5CCCC5)csc4n3)c2)cc1. The molecule has 5 rings (SSSR count). The van der Waals surface area contributed by atoms with Gasteiger partial charge >= 0.3 is 0 Å². The number of carbonyl (C=O) groups excluding carboxylic acids is 1. The van der Waals surface area contributed by atoms with Crippen LogP contribution in [0.5, 0.6) is 5.75 Å². The van der Waals surface area contributed by atoms with E-state index in [4.69, 9.17) is 4.74 Å². The highest BCUT2D eigenvalue weighted by Crippen LogP contribution is 2.28. The van der Waals surface area contributed by atoms with Crippen molar-refractivity contribution < 1.29 is 17.9 Å². The standard InChI is InChI=1S/C24H24N4O4S2/c1-2-32-19-8-10-20(11-9-19)34(30,31)26-18-7-5-6-17(14-18)21-15-28-22(16-33-24(28)25-21)23(29)27-12-3-4-13-27/h5-11,14-16,26H,2-4,12-13H2,1H3. The molecule has 176 valence electrons. The first-order valence-electron chi connectivity index (χ1n) is 11.1. The minimum absolute atomic E-state index is 0.0181. The lowest BCUT2D eigenvalue weighted by atomic mass is 10.1. The summed E-state index contributed by atoms with van der Waals surface area (Å²) in [4.78, 5) is 20.3. The van der Waals surface area contributed by atoms with Crippen molar-refractivity contribution in [3.8, 4) is 17.0 Å². The number of nitrogens with one attached hydrogen (secondary N) is 1. The predicted molar refractivity (Wildman–Crippen MR) is 132 cm³/mol. The maximum Gasteiger partial charge on any atom is 0.271 e. The zero-order valence-electron chi connectivity index (χ0n) is 18.6. The lowest BCUT2D eigenvalue weighted by Crippen LogP contribution is -2.28. The van der Waals surface area contributed by atoms with Crippen LogP contribution in [0.2, 0.25) is 0 Å². The predicted octanol–water partition coefficient (Wildman–Crippen LogP) is 4.50. The Hall–Kier alpha value is -3.37. The number of rotatable bonds is 7. The van der Waals surface area contributed by atoms with Crippen LogP contribution in [0.4, 0.5) is 5.69 Å². The number of amides is 1. The second kappa shape index (κ2) is 9.11. The van der Waals surface area contributed by atoms with E-state index in [1.54, 1.807) is 30.3 Å². The van der Waals surface area contributed by atoms with E-state index >= 15 is 0 Å². The largest absolute Gasteiger partial charge is 0.494 e. The molecule has 0 radical (unpaired) electrons. The van der Waals surface area contributed by atoms with E-state index in [1.165, 1.54) is 23.5 Å². The quantitative estimate of drug-likeness (QED) is 0.407. The normalized spacial score (nSPS) is 14.0. The third-order valence-corrected chi connectivity index (χ3v) is 7.91. The summed E-state index contributed by atoms with van der Waals surface area (Å²) in [5.74, 6) is 0.635. The van der Waals surface area contributed by atoms with Crippen LogP contribution >= 0.6 is 11.3 Å². The smallest absolute Gasteiger partial charge is 0.271 e. The molecule has 0 aliphatic carbocycles. The van der Waals surface area contributed by atoms with Crippen LogP contribution in [0.3, 0.4) is 0 Å². The van der Waals surface area contributed by atoms with Gasteiger partial charge in [-0.25, -0.2) is 13.4 Å². The van der Waals surface area contributed by atoms with Crippen molar-refractivity contribution in [1.29, 1.82) is 0 Å². The van der Waals surface area contributed by atoms with E-state index in [1.807, 2.05) is 33.9 Å². The molecule has 1 aliphatic rings. The zero-order chi connectivity index (χ0) is 23.7. The van der Waals surface area contributed by atoms with Crippen molar-refractivity contribution in [2.45, 2.75) is 24.7 Å². The fourth-order valence-corrected chi connectivity index (χ4v) is 5.89. The minimum Gasteiger partial charge on any atom is -0.494 e. The molecule has 4 aromatic rings. The Morgan fingerprint density at radius 3 is 2.65 bits per heavy atom. The highest BCUT2D eigenvalue weighted by molar-refractivity contribution is 7.92. The first kappa shape index (κ1) is 22.4. The van der Waals surface area contributed by atoms with Gasteiger partial charge < -0.3 is 9.64 Å². The molecule has 1 aliphatic heterocycles. The van der Waals surface area contributed by atoms with Crippen LogP contribution in [0.15, 0.2) is 65.0 Å². The summed E-state index contributed by atoms with van der Waals surface area (Å²) in [5.41, 5.74) is 2.45. The van der Waals surface area contributed by atoms with Gasteiger partial charge in [-0.15, -0.1) is 11.3 Å². The third-order valence-electron chi connectivity index (χ3n) is 5.68. The van der Waals surface area contributed by atoms with Gasteiger partial charge in [0.05, 0.1) is 17.2 Å². The summed E-state index contributed by atoms with van der Waals surface area (Å²) in [5, 5.41) is 1.84. The van der Waals surface area contributed by atoms with E-state index in [2.05, 4.69) is 9.71 Å². The van der Waals surface area contributed by atoms with E-state index in [0.29, 0.717) is 29.4 Å². The van der Waals surface area contributed by atoms with Gasteiger partial charge in [0, 0.05) is 35.9 Å². The summed E-state index contributed by atoms with van der Waals surface area (Å²) in [6, 6.07) is 13.4. The van der Waals surface area contributed by atoms with Gasteiger partial charge in [0.25, 0.3) is 15.9 Å². The number of ether oxygens (including phenoxy) is 1. The van der Waals surface area contributed by atoms with Gasteiger partial charge in [0.2, 0.25) is 0 Å². The molecule has 8 nitrogen and oxygen atoms in total. The molecule has 10 heteroatoms. The first-order chi connectivity index (χ1) is 16.4. The Bertz CT molecular complexity index is 1440. The number of hydrogen-bond donors (Lipinski definition) is 1. The maximum absolute atomic E-state index is 12.9. The summed E-state index contributed by atoms with van der Waals surface area (Å²) >= 11 is 1.42. The molecule has 2 aromatic carbocycles. The van der Waals surface area contributed by atoms with Crippen LogP contribution in [0, 0.1) is 0 Å². The fourth-order valence-electron chi connectivity index (χ4n) is 4.00. The summed E-state index contributed by atoms with van der Waals surface area (Å²) in [6.07, 6.45) is 3.90. The fraction of sp³-hybridized carbons (Fsp3) is 0.250. The number of aromatic nitrogens is 2. The van der Waals surface area contributed by atoms with Crippen molar-refractivity contribution >= 4 is 37.9 Å². The van der Waals surface area contributed by atoms with Crippen LogP contribution < -0.4 is 9.46 Å². The molecule has 2 aromatic heterocycles. The highest BCUT2D eigenvalue weighted by atomic mass is 32.2. The number of imidazole rings is 1. The van der Waals surface area contributed by atoms with Crippen LogP contribution in [-0.2, 0) is 10.0 Å². The zero-order valence-corrected chi connectivity index (χ0v) is 20.2. The molecule has 1 fully saturated rings. The van der Waals surface area contributed by atoms with Crippen molar-refractivity contribution in [2.24, 2.45) is 0 Å². The van der Waals surface area contributed by atoms with Crippen LogP contribution in [0.1, 0.15) is 30.3 Å². The number of benzene rings is 2. The maximum atomic E-state index is 12.9. The molecule has 34 heavy (non-hydrogen) atoms. The van der Waals surface area contributed by atoms with Gasteiger partial charge in [-0.1, -0.05) is 12.1 Å². The van der Waals surface area contributed by atoms with Gasteiger partial charge in [0.15, 0.2) is 4.96 Å². The molecule has 1 amide bonds. The number of likely N-dealkylation sites (tertiary alicyclic amines) is 1. The minimum atomic E-state index is -3.76. The van der Waals surface area contributed by atoms with Gasteiger partial charge in [-0.05, 0) is 56.2 Å². The molecule has 0 saturated carbocycles. The summed E-state index contributed by atoms with van der Waals surface area (Å²) in [6.45, 7) is 3.95. The van der Waals surface area contributed by atoms with Crippen molar-refractivity contribution in [3.63, 3.8) is 0 Å². The molecule has 1 N–H and O–H groups in total. The first-order valence-corrected chi connectivity index (χ1v) is 13.4. The van der Waals surface area contributed by atoms with Gasteiger partial charge in [-0.3, -0.25) is 13.9 Å². The number of hydrogen-bond acceptors (Lipinski definition) is 6. The lowest BCUT2D eigenvalue weighted by molar-refractivity contribution is 0.0786. The topological polar surface area (TPSA) is 93.0 Å². The van der Waals surface area contributed by atoms with Crippen molar-refractivity contribution in [3.05, 3.63) is 65.8 Å². The Balaban J connectivity index is 1.39. The molecule has 0 spiro atoms. The van der Waals surface area contributed by atoms with Crippen LogP contribution in [-0.4, -0.2) is 48.3 Å².